The van der Waals surface area contributed by atoms with Gasteiger partial charge in [0, 0.05) is 6.04 Å². The summed E-state index contributed by atoms with van der Waals surface area (Å²) in [4.78, 5) is 0. The SMILES string of the molecule is CCC(NC)c1ccc(OCc2ccc(CO)cc2)cc1. The van der Waals surface area contributed by atoms with Crippen LogP contribution in [0.3, 0.4) is 0 Å². The lowest BCUT2D eigenvalue weighted by Crippen LogP contribution is -2.14. The molecule has 0 amide bonds. The fourth-order valence-corrected chi connectivity index (χ4v) is 2.31. The van der Waals surface area contributed by atoms with Crippen molar-refractivity contribution in [3.05, 3.63) is 65.2 Å². The molecule has 3 heteroatoms. The van der Waals surface area contributed by atoms with Crippen molar-refractivity contribution in [3.63, 3.8) is 0 Å². The number of rotatable bonds is 7. The minimum absolute atomic E-state index is 0.0761. The van der Waals surface area contributed by atoms with Crippen LogP contribution in [0.4, 0.5) is 0 Å². The maximum atomic E-state index is 9.01. The Kier molecular flexibility index (Phi) is 5.78. The van der Waals surface area contributed by atoms with E-state index in [0.29, 0.717) is 12.6 Å². The zero-order valence-corrected chi connectivity index (χ0v) is 12.7. The van der Waals surface area contributed by atoms with Crippen LogP contribution in [0.5, 0.6) is 5.75 Å². The monoisotopic (exact) mass is 285 g/mol. The zero-order chi connectivity index (χ0) is 15.1. The van der Waals surface area contributed by atoms with Gasteiger partial charge in [-0.3, -0.25) is 0 Å². The topological polar surface area (TPSA) is 41.5 Å². The molecule has 2 rings (SSSR count). The number of aliphatic hydroxyl groups excluding tert-OH is 1. The third-order valence-electron chi connectivity index (χ3n) is 3.65. The molecule has 1 unspecified atom stereocenters. The molecule has 0 saturated carbocycles. The van der Waals surface area contributed by atoms with Gasteiger partial charge < -0.3 is 15.2 Å². The summed E-state index contributed by atoms with van der Waals surface area (Å²) in [6.07, 6.45) is 1.06. The average molecular weight is 285 g/mol. The molecule has 2 aromatic rings. The van der Waals surface area contributed by atoms with E-state index in [1.54, 1.807) is 0 Å². The number of nitrogens with one attached hydrogen (secondary N) is 1. The Morgan fingerprint density at radius 3 is 2.14 bits per heavy atom. The minimum atomic E-state index is 0.0761. The maximum Gasteiger partial charge on any atom is 0.119 e. The van der Waals surface area contributed by atoms with Crippen molar-refractivity contribution >= 4 is 0 Å². The number of benzene rings is 2. The van der Waals surface area contributed by atoms with Crippen LogP contribution in [-0.4, -0.2) is 12.2 Å². The predicted octanol–water partition coefficient (Wildman–Crippen LogP) is 3.43. The molecule has 0 aliphatic heterocycles. The lowest BCUT2D eigenvalue weighted by molar-refractivity contribution is 0.281. The maximum absolute atomic E-state index is 9.01. The molecular formula is C18H23NO2. The summed E-state index contributed by atoms with van der Waals surface area (Å²) >= 11 is 0. The molecule has 21 heavy (non-hydrogen) atoms. The van der Waals surface area contributed by atoms with Crippen molar-refractivity contribution in [3.8, 4) is 5.75 Å². The van der Waals surface area contributed by atoms with Crippen LogP contribution in [0.2, 0.25) is 0 Å². The first-order chi connectivity index (χ1) is 10.3. The van der Waals surface area contributed by atoms with Gasteiger partial charge >= 0.3 is 0 Å². The molecule has 0 spiro atoms. The molecule has 0 heterocycles. The van der Waals surface area contributed by atoms with E-state index in [0.717, 1.165) is 23.3 Å². The van der Waals surface area contributed by atoms with Crippen molar-refractivity contribution in [2.24, 2.45) is 0 Å². The normalized spacial score (nSPS) is 12.1. The van der Waals surface area contributed by atoms with Crippen molar-refractivity contribution in [1.29, 1.82) is 0 Å². The molecule has 0 aromatic heterocycles. The summed E-state index contributed by atoms with van der Waals surface area (Å²) in [5, 5.41) is 12.3. The minimum Gasteiger partial charge on any atom is -0.489 e. The Morgan fingerprint density at radius 2 is 1.62 bits per heavy atom. The molecular weight excluding hydrogens is 262 g/mol. The van der Waals surface area contributed by atoms with E-state index in [1.165, 1.54) is 5.56 Å². The fourth-order valence-electron chi connectivity index (χ4n) is 2.31. The van der Waals surface area contributed by atoms with Gasteiger partial charge in [0.15, 0.2) is 0 Å². The van der Waals surface area contributed by atoms with E-state index in [4.69, 9.17) is 9.84 Å². The van der Waals surface area contributed by atoms with Crippen LogP contribution in [0.25, 0.3) is 0 Å². The second-order valence-electron chi connectivity index (χ2n) is 5.08. The lowest BCUT2D eigenvalue weighted by Gasteiger charge is -2.15. The van der Waals surface area contributed by atoms with E-state index < -0.39 is 0 Å². The third kappa shape index (κ3) is 4.31. The van der Waals surface area contributed by atoms with Gasteiger partial charge in [0.25, 0.3) is 0 Å². The van der Waals surface area contributed by atoms with Gasteiger partial charge in [0.2, 0.25) is 0 Å². The third-order valence-corrected chi connectivity index (χ3v) is 3.65. The molecule has 112 valence electrons. The zero-order valence-electron chi connectivity index (χ0n) is 12.7. The van der Waals surface area contributed by atoms with Gasteiger partial charge in [-0.2, -0.15) is 0 Å². The lowest BCUT2D eigenvalue weighted by atomic mass is 10.0. The molecule has 0 aliphatic carbocycles. The Hall–Kier alpha value is -1.84. The summed E-state index contributed by atoms with van der Waals surface area (Å²) < 4.78 is 5.78. The van der Waals surface area contributed by atoms with E-state index in [1.807, 2.05) is 43.4 Å². The fraction of sp³-hybridized carbons (Fsp3) is 0.333. The Balaban J connectivity index is 1.93. The molecule has 2 aromatic carbocycles. The molecule has 3 nitrogen and oxygen atoms in total. The first-order valence-corrected chi connectivity index (χ1v) is 7.35. The van der Waals surface area contributed by atoms with Crippen molar-refractivity contribution in [2.45, 2.75) is 32.6 Å². The molecule has 1 atom stereocenters. The van der Waals surface area contributed by atoms with Gasteiger partial charge in [-0.1, -0.05) is 43.3 Å². The second kappa shape index (κ2) is 7.81. The van der Waals surface area contributed by atoms with Gasteiger partial charge in [0.1, 0.15) is 12.4 Å². The van der Waals surface area contributed by atoms with Crippen LogP contribution in [-0.2, 0) is 13.2 Å². The number of aliphatic hydroxyl groups is 1. The number of hydrogen-bond acceptors (Lipinski definition) is 3. The molecule has 0 fully saturated rings. The highest BCUT2D eigenvalue weighted by Crippen LogP contribution is 2.20. The van der Waals surface area contributed by atoms with Crippen LogP contribution >= 0.6 is 0 Å². The van der Waals surface area contributed by atoms with Crippen molar-refractivity contribution in [2.75, 3.05) is 7.05 Å². The second-order valence-corrected chi connectivity index (χ2v) is 5.08. The smallest absolute Gasteiger partial charge is 0.119 e. The summed E-state index contributed by atoms with van der Waals surface area (Å²) in [5.41, 5.74) is 3.29. The molecule has 0 aliphatic rings. The molecule has 0 radical (unpaired) electrons. The summed E-state index contributed by atoms with van der Waals surface area (Å²) in [6, 6.07) is 16.4. The van der Waals surface area contributed by atoms with Crippen molar-refractivity contribution < 1.29 is 9.84 Å². The van der Waals surface area contributed by atoms with Gasteiger partial charge in [-0.05, 0) is 42.3 Å². The van der Waals surface area contributed by atoms with Crippen molar-refractivity contribution in [1.82, 2.24) is 5.32 Å². The Morgan fingerprint density at radius 1 is 1.00 bits per heavy atom. The molecule has 0 bridgehead atoms. The highest BCUT2D eigenvalue weighted by Gasteiger charge is 2.06. The molecule has 2 N–H and O–H groups in total. The van der Waals surface area contributed by atoms with E-state index >= 15 is 0 Å². The number of hydrogen-bond donors (Lipinski definition) is 2. The summed E-state index contributed by atoms with van der Waals surface area (Å²) in [5.74, 6) is 0.871. The van der Waals surface area contributed by atoms with Crippen LogP contribution in [0.15, 0.2) is 48.5 Å². The first kappa shape index (κ1) is 15.5. The summed E-state index contributed by atoms with van der Waals surface area (Å²) in [6.45, 7) is 2.78. The highest BCUT2D eigenvalue weighted by molar-refractivity contribution is 5.30. The van der Waals surface area contributed by atoms with Crippen LogP contribution < -0.4 is 10.1 Å². The van der Waals surface area contributed by atoms with E-state index in [9.17, 15) is 0 Å². The quantitative estimate of drug-likeness (QED) is 0.819. The van der Waals surface area contributed by atoms with Crippen LogP contribution in [0.1, 0.15) is 36.1 Å². The van der Waals surface area contributed by atoms with Gasteiger partial charge in [-0.25, -0.2) is 0 Å². The standard InChI is InChI=1S/C18H23NO2/c1-3-18(19-2)16-8-10-17(11-9-16)21-13-15-6-4-14(12-20)5-7-15/h4-11,18-20H,3,12-13H2,1-2H3. The van der Waals surface area contributed by atoms with Crippen LogP contribution in [0, 0.1) is 0 Å². The first-order valence-electron chi connectivity index (χ1n) is 7.35. The van der Waals surface area contributed by atoms with E-state index in [-0.39, 0.29) is 6.61 Å². The molecule has 0 saturated heterocycles. The number of ether oxygens (including phenoxy) is 1. The Bertz CT molecular complexity index is 530. The summed E-state index contributed by atoms with van der Waals surface area (Å²) in [7, 11) is 1.98. The average Bonchev–Trinajstić information content (AvgIpc) is 2.55. The van der Waals surface area contributed by atoms with Gasteiger partial charge in [-0.15, -0.1) is 0 Å². The highest BCUT2D eigenvalue weighted by atomic mass is 16.5. The van der Waals surface area contributed by atoms with Gasteiger partial charge in [0.05, 0.1) is 6.61 Å². The van der Waals surface area contributed by atoms with E-state index in [2.05, 4.69) is 24.4 Å². The largest absolute Gasteiger partial charge is 0.489 e. The predicted molar refractivity (Wildman–Crippen MR) is 85.2 cm³/mol. The Labute approximate surface area is 126 Å².